The van der Waals surface area contributed by atoms with E-state index in [0.717, 1.165) is 12.1 Å². The van der Waals surface area contributed by atoms with Gasteiger partial charge in [0.2, 0.25) is 0 Å². The van der Waals surface area contributed by atoms with Crippen LogP contribution < -0.4 is 10.5 Å². The molecule has 0 fully saturated rings. The largest absolute Gasteiger partial charge is 0.383 e. The third-order valence-corrected chi connectivity index (χ3v) is 4.16. The van der Waals surface area contributed by atoms with Crippen molar-refractivity contribution < 1.29 is 17.2 Å². The maximum absolute atomic E-state index is 13.5. The maximum atomic E-state index is 13.5. The molecule has 0 bridgehead atoms. The third-order valence-electron chi connectivity index (χ3n) is 2.33. The lowest BCUT2D eigenvalue weighted by Crippen LogP contribution is -2.16. The summed E-state index contributed by atoms with van der Waals surface area (Å²) in [4.78, 5) is 3.33. The molecule has 3 N–H and O–H groups in total. The van der Waals surface area contributed by atoms with E-state index in [-0.39, 0.29) is 10.7 Å². The summed E-state index contributed by atoms with van der Waals surface area (Å²) in [7, 11) is -4.18. The first-order valence-corrected chi connectivity index (χ1v) is 7.47. The summed E-state index contributed by atoms with van der Waals surface area (Å²) in [5.41, 5.74) is 4.97. The number of aromatic nitrogens is 1. The molecule has 9 heteroatoms. The van der Waals surface area contributed by atoms with Crippen LogP contribution in [0.3, 0.4) is 0 Å². The van der Waals surface area contributed by atoms with Crippen LogP contribution in [-0.2, 0) is 10.0 Å². The number of halogens is 3. The second-order valence-corrected chi connectivity index (χ2v) is 6.31. The number of hydrogen-bond donors (Lipinski definition) is 2. The monoisotopic (exact) mass is 363 g/mol. The Morgan fingerprint density at radius 2 is 2.00 bits per heavy atom. The first-order chi connectivity index (χ1) is 9.31. The minimum Gasteiger partial charge on any atom is -0.383 e. The van der Waals surface area contributed by atoms with Crippen LogP contribution in [0.5, 0.6) is 0 Å². The highest BCUT2D eigenvalue weighted by Crippen LogP contribution is 2.25. The van der Waals surface area contributed by atoms with Crippen molar-refractivity contribution in [3.63, 3.8) is 0 Å². The lowest BCUT2D eigenvalue weighted by atomic mass is 10.3. The Hall–Kier alpha value is -1.74. The predicted octanol–water partition coefficient (Wildman–Crippen LogP) is 2.51. The summed E-state index contributed by atoms with van der Waals surface area (Å²) < 4.78 is 53.0. The van der Waals surface area contributed by atoms with Crippen molar-refractivity contribution in [2.75, 3.05) is 10.5 Å². The third kappa shape index (κ3) is 2.88. The average Bonchev–Trinajstić information content (AvgIpc) is 2.37. The zero-order chi connectivity index (χ0) is 14.9. The standard InChI is InChI=1S/C11H8BrF2N3O2S/c12-6-4-9(11(15)16-5-6)20(18,19)17-8-3-1-2-7(13)10(8)14/h1-5,17H,(H2,15,16). The summed E-state index contributed by atoms with van der Waals surface area (Å²) in [6.45, 7) is 0. The average molecular weight is 364 g/mol. The summed E-state index contributed by atoms with van der Waals surface area (Å²) >= 11 is 3.06. The van der Waals surface area contributed by atoms with Crippen molar-refractivity contribution in [3.8, 4) is 0 Å². The molecule has 0 aliphatic carbocycles. The summed E-state index contributed by atoms with van der Waals surface area (Å²) in [6.07, 6.45) is 1.32. The highest BCUT2D eigenvalue weighted by Gasteiger charge is 2.21. The van der Waals surface area contributed by atoms with Crippen molar-refractivity contribution >= 4 is 37.5 Å². The molecule has 1 aromatic heterocycles. The zero-order valence-electron chi connectivity index (χ0n) is 9.77. The lowest BCUT2D eigenvalue weighted by molar-refractivity contribution is 0.511. The SMILES string of the molecule is Nc1ncc(Br)cc1S(=O)(=O)Nc1cccc(F)c1F. The van der Waals surface area contributed by atoms with Gasteiger partial charge in [0.25, 0.3) is 10.0 Å². The van der Waals surface area contributed by atoms with E-state index < -0.39 is 27.3 Å². The van der Waals surface area contributed by atoms with Crippen LogP contribution in [0.4, 0.5) is 20.3 Å². The second-order valence-electron chi connectivity index (χ2n) is 3.74. The fraction of sp³-hybridized carbons (Fsp3) is 0. The number of benzene rings is 1. The molecule has 0 saturated carbocycles. The van der Waals surface area contributed by atoms with Crippen LogP contribution in [0.25, 0.3) is 0 Å². The van der Waals surface area contributed by atoms with Gasteiger partial charge in [-0.25, -0.2) is 22.2 Å². The molecule has 20 heavy (non-hydrogen) atoms. The number of anilines is 2. The Kier molecular flexibility index (Phi) is 3.91. The Balaban J connectivity index is 2.46. The quantitative estimate of drug-likeness (QED) is 0.877. The van der Waals surface area contributed by atoms with Crippen LogP contribution >= 0.6 is 15.9 Å². The minimum atomic E-state index is -4.18. The van der Waals surface area contributed by atoms with Gasteiger partial charge in [0, 0.05) is 10.7 Å². The molecule has 0 saturated heterocycles. The van der Waals surface area contributed by atoms with Crippen molar-refractivity contribution in [1.82, 2.24) is 4.98 Å². The molecule has 5 nitrogen and oxygen atoms in total. The van der Waals surface area contributed by atoms with Gasteiger partial charge in [0.05, 0.1) is 5.69 Å². The normalized spacial score (nSPS) is 11.3. The molecule has 0 atom stereocenters. The van der Waals surface area contributed by atoms with Gasteiger partial charge in [-0.2, -0.15) is 0 Å². The van der Waals surface area contributed by atoms with Crippen LogP contribution in [0, 0.1) is 11.6 Å². The van der Waals surface area contributed by atoms with Crippen molar-refractivity contribution in [3.05, 3.63) is 46.6 Å². The summed E-state index contributed by atoms with van der Waals surface area (Å²) in [6, 6.07) is 4.36. The first-order valence-electron chi connectivity index (χ1n) is 5.19. The Bertz CT molecular complexity index is 768. The van der Waals surface area contributed by atoms with Crippen molar-refractivity contribution in [2.24, 2.45) is 0 Å². The number of sulfonamides is 1. The van der Waals surface area contributed by atoms with E-state index in [1.54, 1.807) is 0 Å². The Morgan fingerprint density at radius 3 is 2.70 bits per heavy atom. The fourth-order valence-corrected chi connectivity index (χ4v) is 3.08. The van der Waals surface area contributed by atoms with Crippen LogP contribution in [0.2, 0.25) is 0 Å². The molecule has 106 valence electrons. The highest BCUT2D eigenvalue weighted by molar-refractivity contribution is 9.10. The lowest BCUT2D eigenvalue weighted by Gasteiger charge is -2.10. The van der Waals surface area contributed by atoms with Gasteiger partial charge in [0.1, 0.15) is 10.7 Å². The second kappa shape index (κ2) is 5.33. The Morgan fingerprint density at radius 1 is 1.30 bits per heavy atom. The number of nitrogen functional groups attached to an aromatic ring is 1. The molecule has 0 radical (unpaired) electrons. The maximum Gasteiger partial charge on any atom is 0.265 e. The molecule has 2 rings (SSSR count). The number of hydrogen-bond acceptors (Lipinski definition) is 4. The molecular weight excluding hydrogens is 356 g/mol. The molecular formula is C11H8BrF2N3O2S. The number of pyridine rings is 1. The van der Waals surface area contributed by atoms with Gasteiger partial charge in [-0.15, -0.1) is 0 Å². The Labute approximate surface area is 122 Å². The van der Waals surface area contributed by atoms with Crippen molar-refractivity contribution in [2.45, 2.75) is 4.90 Å². The van der Waals surface area contributed by atoms with Crippen LogP contribution in [0.15, 0.2) is 39.8 Å². The van der Waals surface area contributed by atoms with Crippen LogP contribution in [-0.4, -0.2) is 13.4 Å². The highest BCUT2D eigenvalue weighted by atomic mass is 79.9. The van der Waals surface area contributed by atoms with Gasteiger partial charge >= 0.3 is 0 Å². The smallest absolute Gasteiger partial charge is 0.265 e. The van der Waals surface area contributed by atoms with E-state index in [1.165, 1.54) is 18.3 Å². The molecule has 1 aromatic carbocycles. The molecule has 0 spiro atoms. The number of rotatable bonds is 3. The molecule has 0 aliphatic heterocycles. The van der Waals surface area contributed by atoms with E-state index in [0.29, 0.717) is 4.47 Å². The topological polar surface area (TPSA) is 85.1 Å². The minimum absolute atomic E-state index is 0.252. The molecule has 2 aromatic rings. The van der Waals surface area contributed by atoms with Gasteiger partial charge < -0.3 is 5.73 Å². The molecule has 0 aliphatic rings. The van der Waals surface area contributed by atoms with Gasteiger partial charge in [-0.3, -0.25) is 4.72 Å². The molecule has 1 heterocycles. The predicted molar refractivity (Wildman–Crippen MR) is 73.5 cm³/mol. The van der Waals surface area contributed by atoms with Gasteiger partial charge in [0.15, 0.2) is 11.6 Å². The van der Waals surface area contributed by atoms with Crippen LogP contribution in [0.1, 0.15) is 0 Å². The molecule has 0 unspecified atom stereocenters. The number of nitrogens with two attached hydrogens (primary N) is 1. The molecule has 0 amide bonds. The first kappa shape index (κ1) is 14.7. The summed E-state index contributed by atoms with van der Waals surface area (Å²) in [5.74, 6) is -2.71. The van der Waals surface area contributed by atoms with E-state index in [1.807, 2.05) is 4.72 Å². The number of nitrogens with zero attached hydrogens (tertiary/aromatic N) is 1. The van der Waals surface area contributed by atoms with E-state index in [9.17, 15) is 17.2 Å². The zero-order valence-corrected chi connectivity index (χ0v) is 12.2. The fourth-order valence-electron chi connectivity index (χ4n) is 1.43. The summed E-state index contributed by atoms with van der Waals surface area (Å²) in [5, 5.41) is 0. The van der Waals surface area contributed by atoms with Crippen molar-refractivity contribution in [1.29, 1.82) is 0 Å². The van der Waals surface area contributed by atoms with E-state index >= 15 is 0 Å². The van der Waals surface area contributed by atoms with E-state index in [2.05, 4.69) is 20.9 Å². The van der Waals surface area contributed by atoms with Gasteiger partial charge in [-0.05, 0) is 34.1 Å². The number of nitrogens with one attached hydrogen (secondary N) is 1. The van der Waals surface area contributed by atoms with Gasteiger partial charge in [-0.1, -0.05) is 6.07 Å². The van der Waals surface area contributed by atoms with E-state index in [4.69, 9.17) is 5.73 Å².